The quantitative estimate of drug-likeness (QED) is 0.356. The Labute approximate surface area is 191 Å². The van der Waals surface area contributed by atoms with Crippen molar-refractivity contribution in [2.45, 2.75) is 0 Å². The Morgan fingerprint density at radius 1 is 0.912 bits per heavy atom. The van der Waals surface area contributed by atoms with Crippen molar-refractivity contribution in [1.82, 2.24) is 35.3 Å². The molecule has 0 aliphatic carbocycles. The minimum absolute atomic E-state index is 0.0602. The SMILES string of the molecule is O=C(Nc1ccnnc1)c1nc2cc(-c3nccc(Nc4ccc5[nH]ncc5c4)n3)ccc2o1. The van der Waals surface area contributed by atoms with E-state index in [1.54, 1.807) is 36.7 Å². The van der Waals surface area contributed by atoms with E-state index in [0.717, 1.165) is 22.2 Å². The second-order valence-electron chi connectivity index (χ2n) is 7.35. The molecule has 11 nitrogen and oxygen atoms in total. The van der Waals surface area contributed by atoms with Gasteiger partial charge in [0.2, 0.25) is 0 Å². The normalized spacial score (nSPS) is 11.1. The molecule has 2 aromatic carbocycles. The van der Waals surface area contributed by atoms with Gasteiger partial charge in [-0.1, -0.05) is 0 Å². The molecule has 3 N–H and O–H groups in total. The van der Waals surface area contributed by atoms with E-state index < -0.39 is 5.91 Å². The molecule has 6 rings (SSSR count). The van der Waals surface area contributed by atoms with Gasteiger partial charge < -0.3 is 15.1 Å². The summed E-state index contributed by atoms with van der Waals surface area (Å²) in [6.07, 6.45) is 6.36. The highest BCUT2D eigenvalue weighted by molar-refractivity contribution is 6.02. The van der Waals surface area contributed by atoms with E-state index in [2.05, 4.69) is 46.0 Å². The van der Waals surface area contributed by atoms with Crippen LogP contribution < -0.4 is 10.6 Å². The van der Waals surface area contributed by atoms with Crippen LogP contribution in [-0.4, -0.2) is 41.3 Å². The van der Waals surface area contributed by atoms with E-state index in [9.17, 15) is 4.79 Å². The molecule has 0 aliphatic rings. The number of rotatable bonds is 5. The number of aromatic amines is 1. The first kappa shape index (κ1) is 19.5. The van der Waals surface area contributed by atoms with Crippen molar-refractivity contribution >= 4 is 45.1 Å². The van der Waals surface area contributed by atoms with Gasteiger partial charge in [-0.25, -0.2) is 15.0 Å². The summed E-state index contributed by atoms with van der Waals surface area (Å²) in [5.74, 6) is 0.602. The predicted molar refractivity (Wildman–Crippen MR) is 124 cm³/mol. The fourth-order valence-electron chi connectivity index (χ4n) is 3.45. The Morgan fingerprint density at radius 2 is 1.88 bits per heavy atom. The monoisotopic (exact) mass is 449 g/mol. The van der Waals surface area contributed by atoms with E-state index in [4.69, 9.17) is 4.42 Å². The summed E-state index contributed by atoms with van der Waals surface area (Å²) in [4.78, 5) is 25.8. The number of H-pyrrole nitrogens is 1. The number of nitrogens with zero attached hydrogens (tertiary/aromatic N) is 6. The lowest BCUT2D eigenvalue weighted by Gasteiger charge is -2.07. The summed E-state index contributed by atoms with van der Waals surface area (Å²) < 4.78 is 5.60. The van der Waals surface area contributed by atoms with Gasteiger partial charge in [-0.2, -0.15) is 15.3 Å². The lowest BCUT2D eigenvalue weighted by Crippen LogP contribution is -2.12. The highest BCUT2D eigenvalue weighted by atomic mass is 16.4. The molecule has 0 radical (unpaired) electrons. The topological polar surface area (TPSA) is 147 Å². The van der Waals surface area contributed by atoms with Crippen molar-refractivity contribution in [3.63, 3.8) is 0 Å². The first-order chi connectivity index (χ1) is 16.7. The van der Waals surface area contributed by atoms with Crippen LogP contribution in [0, 0.1) is 0 Å². The number of fused-ring (bicyclic) bond motifs is 2. The smallest absolute Gasteiger partial charge is 0.311 e. The third kappa shape index (κ3) is 3.77. The van der Waals surface area contributed by atoms with Crippen LogP contribution >= 0.6 is 0 Å². The average Bonchev–Trinajstić information content (AvgIpc) is 3.51. The highest BCUT2D eigenvalue weighted by Gasteiger charge is 2.16. The molecule has 4 aromatic heterocycles. The van der Waals surface area contributed by atoms with Crippen molar-refractivity contribution < 1.29 is 9.21 Å². The molecule has 0 spiro atoms. The first-order valence-corrected chi connectivity index (χ1v) is 10.2. The minimum Gasteiger partial charge on any atom is -0.432 e. The Balaban J connectivity index is 1.25. The molecule has 4 heterocycles. The van der Waals surface area contributed by atoms with Crippen LogP contribution in [-0.2, 0) is 0 Å². The van der Waals surface area contributed by atoms with Crippen LogP contribution in [0.5, 0.6) is 0 Å². The van der Waals surface area contributed by atoms with E-state index in [1.807, 2.05) is 24.3 Å². The average molecular weight is 449 g/mol. The van der Waals surface area contributed by atoms with Crippen molar-refractivity contribution in [3.8, 4) is 11.4 Å². The van der Waals surface area contributed by atoms with E-state index in [0.29, 0.717) is 28.4 Å². The summed E-state index contributed by atoms with van der Waals surface area (Å²) in [5.41, 5.74) is 4.06. The zero-order valence-electron chi connectivity index (χ0n) is 17.4. The molecule has 0 atom stereocenters. The van der Waals surface area contributed by atoms with Crippen LogP contribution in [0.1, 0.15) is 10.7 Å². The van der Waals surface area contributed by atoms with E-state index in [-0.39, 0.29) is 5.89 Å². The van der Waals surface area contributed by atoms with Crippen molar-refractivity contribution in [2.75, 3.05) is 10.6 Å². The van der Waals surface area contributed by atoms with Gasteiger partial charge in [0.1, 0.15) is 11.3 Å². The number of hydrogen-bond acceptors (Lipinski definition) is 9. The second kappa shape index (κ2) is 8.06. The first-order valence-electron chi connectivity index (χ1n) is 10.2. The number of hydrogen-bond donors (Lipinski definition) is 3. The number of nitrogens with one attached hydrogen (secondary N) is 3. The van der Waals surface area contributed by atoms with Gasteiger partial charge in [0.25, 0.3) is 5.89 Å². The predicted octanol–water partition coefficient (Wildman–Crippen LogP) is 3.95. The largest absolute Gasteiger partial charge is 0.432 e. The molecular weight excluding hydrogens is 434 g/mol. The summed E-state index contributed by atoms with van der Waals surface area (Å²) in [6, 6.07) is 14.6. The highest BCUT2D eigenvalue weighted by Crippen LogP contribution is 2.25. The summed E-state index contributed by atoms with van der Waals surface area (Å²) in [5, 5.41) is 21.3. The second-order valence-corrected chi connectivity index (χ2v) is 7.35. The molecule has 0 saturated heterocycles. The molecule has 0 unspecified atom stereocenters. The number of anilines is 3. The third-order valence-corrected chi connectivity index (χ3v) is 5.05. The third-order valence-electron chi connectivity index (χ3n) is 5.05. The van der Waals surface area contributed by atoms with Crippen LogP contribution in [0.4, 0.5) is 17.2 Å². The maximum absolute atomic E-state index is 12.5. The van der Waals surface area contributed by atoms with Crippen LogP contribution in [0.25, 0.3) is 33.4 Å². The number of oxazole rings is 1. The van der Waals surface area contributed by atoms with Gasteiger partial charge in [0.05, 0.1) is 29.8 Å². The molecule has 0 fully saturated rings. The Morgan fingerprint density at radius 3 is 2.79 bits per heavy atom. The van der Waals surface area contributed by atoms with Crippen LogP contribution in [0.2, 0.25) is 0 Å². The minimum atomic E-state index is -0.484. The molecule has 1 amide bonds. The zero-order valence-corrected chi connectivity index (χ0v) is 17.4. The Kier molecular flexibility index (Phi) is 4.62. The molecule has 0 saturated carbocycles. The van der Waals surface area contributed by atoms with Crippen molar-refractivity contribution in [1.29, 1.82) is 0 Å². The van der Waals surface area contributed by atoms with Gasteiger partial charge in [-0.3, -0.25) is 9.89 Å². The van der Waals surface area contributed by atoms with E-state index >= 15 is 0 Å². The lowest BCUT2D eigenvalue weighted by atomic mass is 10.2. The number of amides is 1. The molecule has 11 heteroatoms. The van der Waals surface area contributed by atoms with Crippen molar-refractivity contribution in [2.24, 2.45) is 0 Å². The maximum Gasteiger partial charge on any atom is 0.311 e. The van der Waals surface area contributed by atoms with Crippen molar-refractivity contribution in [3.05, 3.63) is 79.2 Å². The molecule has 0 aliphatic heterocycles. The standard InChI is InChI=1S/C23H15N9O2/c33-22(29-16-5-8-25-26-12-16)23-30-18-10-13(1-4-19(18)34-23)21-24-7-6-20(31-21)28-15-2-3-17-14(9-15)11-27-32-17/h1-12H,(H,27,32)(H,24,28,31)(H,25,29,33). The fourth-order valence-corrected chi connectivity index (χ4v) is 3.45. The van der Waals surface area contributed by atoms with Gasteiger partial charge in [0, 0.05) is 22.8 Å². The lowest BCUT2D eigenvalue weighted by molar-refractivity contribution is 0.0992. The van der Waals surface area contributed by atoms with Gasteiger partial charge in [0.15, 0.2) is 11.4 Å². The van der Waals surface area contributed by atoms with E-state index in [1.165, 1.54) is 12.4 Å². The maximum atomic E-state index is 12.5. The van der Waals surface area contributed by atoms with Gasteiger partial charge in [-0.05, 0) is 48.5 Å². The van der Waals surface area contributed by atoms with Crippen LogP contribution in [0.15, 0.2) is 77.7 Å². The van der Waals surface area contributed by atoms with Gasteiger partial charge in [-0.15, -0.1) is 0 Å². The molecule has 0 bridgehead atoms. The van der Waals surface area contributed by atoms with Gasteiger partial charge >= 0.3 is 5.91 Å². The number of carbonyl (C=O) groups is 1. The Hall–Kier alpha value is -5.19. The Bertz CT molecular complexity index is 1640. The summed E-state index contributed by atoms with van der Waals surface area (Å²) in [6.45, 7) is 0. The summed E-state index contributed by atoms with van der Waals surface area (Å²) in [7, 11) is 0. The van der Waals surface area contributed by atoms with Crippen LogP contribution in [0.3, 0.4) is 0 Å². The number of aromatic nitrogens is 7. The number of benzene rings is 2. The molecule has 6 aromatic rings. The molecule has 34 heavy (non-hydrogen) atoms. The summed E-state index contributed by atoms with van der Waals surface area (Å²) >= 11 is 0. The number of carbonyl (C=O) groups excluding carboxylic acids is 1. The zero-order chi connectivity index (χ0) is 22.9. The molecular formula is C23H15N9O2. The molecule has 164 valence electrons. The fraction of sp³-hybridized carbons (Fsp3) is 0.